The fraction of sp³-hybridized carbons (Fsp3) is 0.458. The van der Waals surface area contributed by atoms with Crippen LogP contribution >= 0.6 is 24.0 Å². The number of likely N-dealkylation sites (tertiary alicyclic amines) is 1. The number of nitrogens with one attached hydrogen (secondary N) is 1. The molecule has 5 heteroatoms. The third-order valence-corrected chi connectivity index (χ3v) is 6.25. The number of piperidine rings is 1. The first-order chi connectivity index (χ1) is 13.7. The lowest BCUT2D eigenvalue weighted by Crippen LogP contribution is -2.47. The number of rotatable bonds is 5. The van der Waals surface area contributed by atoms with E-state index >= 15 is 0 Å². The fourth-order valence-electron chi connectivity index (χ4n) is 4.53. The lowest BCUT2D eigenvalue weighted by atomic mass is 9.74. The summed E-state index contributed by atoms with van der Waals surface area (Å²) in [5.41, 5.74) is 10.5. The lowest BCUT2D eigenvalue weighted by molar-refractivity contribution is 0.206. The van der Waals surface area contributed by atoms with Crippen LogP contribution in [0.5, 0.6) is 0 Å². The van der Waals surface area contributed by atoms with Crippen molar-refractivity contribution in [3.8, 4) is 0 Å². The minimum atomic E-state index is 0. The number of guanidine groups is 1. The van der Waals surface area contributed by atoms with E-state index in [0.29, 0.717) is 24.0 Å². The molecule has 2 aromatic rings. The third kappa shape index (κ3) is 5.95. The maximum absolute atomic E-state index is 6.21. The van der Waals surface area contributed by atoms with Gasteiger partial charge in [-0.1, -0.05) is 54.6 Å². The molecule has 0 amide bonds. The van der Waals surface area contributed by atoms with E-state index in [-0.39, 0.29) is 24.0 Å². The number of aliphatic imine (C=N–C) groups is 1. The van der Waals surface area contributed by atoms with E-state index in [1.54, 1.807) is 0 Å². The van der Waals surface area contributed by atoms with Crippen LogP contribution in [0.3, 0.4) is 0 Å². The summed E-state index contributed by atoms with van der Waals surface area (Å²) >= 11 is 0. The number of aryl methyl sites for hydroxylation is 1. The fourth-order valence-corrected chi connectivity index (χ4v) is 4.53. The SMILES string of the molecule is Cc1ccccc1C1CC(NC(N)=NC2CCN(Cc3ccccc3)CC2)C1.I. The Morgan fingerprint density at radius 2 is 1.69 bits per heavy atom. The molecule has 4 rings (SSSR count). The van der Waals surface area contributed by atoms with Crippen LogP contribution in [-0.4, -0.2) is 36.0 Å². The molecule has 0 bridgehead atoms. The molecule has 0 radical (unpaired) electrons. The lowest BCUT2D eigenvalue weighted by Gasteiger charge is -2.37. The molecule has 29 heavy (non-hydrogen) atoms. The van der Waals surface area contributed by atoms with E-state index in [1.807, 2.05) is 0 Å². The summed E-state index contributed by atoms with van der Waals surface area (Å²) in [6.07, 6.45) is 4.48. The number of hydrogen-bond donors (Lipinski definition) is 2. The highest BCUT2D eigenvalue weighted by Crippen LogP contribution is 2.38. The van der Waals surface area contributed by atoms with Crippen LogP contribution < -0.4 is 11.1 Å². The van der Waals surface area contributed by atoms with E-state index in [1.165, 1.54) is 16.7 Å². The Balaban J connectivity index is 0.00000240. The first kappa shape index (κ1) is 22.1. The van der Waals surface area contributed by atoms with Gasteiger partial charge in [-0.25, -0.2) is 0 Å². The summed E-state index contributed by atoms with van der Waals surface area (Å²) in [4.78, 5) is 7.29. The number of nitrogens with zero attached hydrogens (tertiary/aromatic N) is 2. The Hall–Kier alpha value is -1.60. The van der Waals surface area contributed by atoms with Gasteiger partial charge >= 0.3 is 0 Å². The van der Waals surface area contributed by atoms with Crippen LogP contribution in [0, 0.1) is 6.92 Å². The summed E-state index contributed by atoms with van der Waals surface area (Å²) in [5, 5.41) is 3.45. The molecule has 1 aliphatic carbocycles. The van der Waals surface area contributed by atoms with Crippen molar-refractivity contribution >= 4 is 29.9 Å². The summed E-state index contributed by atoms with van der Waals surface area (Å²) in [7, 11) is 0. The highest BCUT2D eigenvalue weighted by atomic mass is 127. The molecule has 1 aliphatic heterocycles. The van der Waals surface area contributed by atoms with Crippen LogP contribution in [0.1, 0.15) is 48.3 Å². The van der Waals surface area contributed by atoms with Crippen molar-refractivity contribution in [3.63, 3.8) is 0 Å². The van der Waals surface area contributed by atoms with Gasteiger partial charge in [0.2, 0.25) is 0 Å². The Morgan fingerprint density at radius 3 is 2.38 bits per heavy atom. The smallest absolute Gasteiger partial charge is 0.189 e. The van der Waals surface area contributed by atoms with Gasteiger partial charge in [0.25, 0.3) is 0 Å². The molecule has 2 fully saturated rings. The minimum absolute atomic E-state index is 0. The normalized spacial score (nSPS) is 23.1. The van der Waals surface area contributed by atoms with Gasteiger partial charge in [0.15, 0.2) is 5.96 Å². The molecule has 3 N–H and O–H groups in total. The van der Waals surface area contributed by atoms with Gasteiger partial charge in [0.1, 0.15) is 0 Å². The molecule has 1 saturated heterocycles. The molecule has 2 aromatic carbocycles. The summed E-state index contributed by atoms with van der Waals surface area (Å²) < 4.78 is 0. The van der Waals surface area contributed by atoms with E-state index < -0.39 is 0 Å². The standard InChI is InChI=1S/C24H32N4.HI/c1-18-7-5-6-10-23(18)20-15-22(16-20)27-24(25)26-21-11-13-28(14-12-21)17-19-8-3-2-4-9-19;/h2-10,20-22H,11-17H2,1H3,(H3,25,26,27);1H. The van der Waals surface area contributed by atoms with Crippen LogP contribution in [0.2, 0.25) is 0 Å². The number of halogens is 1. The molecular formula is C24H33IN4. The van der Waals surface area contributed by atoms with Gasteiger partial charge in [0.05, 0.1) is 6.04 Å². The van der Waals surface area contributed by atoms with E-state index in [9.17, 15) is 0 Å². The third-order valence-electron chi connectivity index (χ3n) is 6.25. The van der Waals surface area contributed by atoms with Crippen LogP contribution in [0.15, 0.2) is 59.6 Å². The van der Waals surface area contributed by atoms with E-state index in [0.717, 1.165) is 45.3 Å². The Labute approximate surface area is 192 Å². The van der Waals surface area contributed by atoms with E-state index in [4.69, 9.17) is 10.7 Å². The molecule has 0 aromatic heterocycles. The zero-order chi connectivity index (χ0) is 19.3. The van der Waals surface area contributed by atoms with Gasteiger partial charge < -0.3 is 11.1 Å². The molecular weight excluding hydrogens is 471 g/mol. The zero-order valence-corrected chi connectivity index (χ0v) is 19.6. The van der Waals surface area contributed by atoms with Crippen molar-refractivity contribution in [3.05, 3.63) is 71.3 Å². The molecule has 0 spiro atoms. The molecule has 2 aliphatic rings. The average molecular weight is 504 g/mol. The van der Waals surface area contributed by atoms with Crippen LogP contribution in [0.4, 0.5) is 0 Å². The number of hydrogen-bond acceptors (Lipinski definition) is 2. The quantitative estimate of drug-likeness (QED) is 0.360. The molecule has 0 atom stereocenters. The maximum Gasteiger partial charge on any atom is 0.189 e. The topological polar surface area (TPSA) is 53.6 Å². The van der Waals surface area contributed by atoms with Gasteiger partial charge in [-0.15, -0.1) is 24.0 Å². The van der Waals surface area contributed by atoms with Gasteiger partial charge in [-0.05, 0) is 55.2 Å². The van der Waals surface area contributed by atoms with Crippen molar-refractivity contribution in [2.75, 3.05) is 13.1 Å². The molecule has 1 saturated carbocycles. The molecule has 156 valence electrons. The highest BCUT2D eigenvalue weighted by molar-refractivity contribution is 14.0. The number of benzene rings is 2. The average Bonchev–Trinajstić information content (AvgIpc) is 2.68. The highest BCUT2D eigenvalue weighted by Gasteiger charge is 2.31. The predicted molar refractivity (Wildman–Crippen MR) is 132 cm³/mol. The Kier molecular flexibility index (Phi) is 7.95. The van der Waals surface area contributed by atoms with Gasteiger partial charge in [0, 0.05) is 25.7 Å². The van der Waals surface area contributed by atoms with Crippen LogP contribution in [-0.2, 0) is 6.54 Å². The summed E-state index contributed by atoms with van der Waals surface area (Å²) in [6.45, 7) is 5.42. The minimum Gasteiger partial charge on any atom is -0.370 e. The monoisotopic (exact) mass is 504 g/mol. The molecule has 1 heterocycles. The second-order valence-electron chi connectivity index (χ2n) is 8.37. The largest absolute Gasteiger partial charge is 0.370 e. The van der Waals surface area contributed by atoms with Crippen molar-refractivity contribution in [1.82, 2.24) is 10.2 Å². The van der Waals surface area contributed by atoms with Crippen molar-refractivity contribution in [2.24, 2.45) is 10.7 Å². The number of nitrogens with two attached hydrogens (primary N) is 1. The Morgan fingerprint density at radius 1 is 1.03 bits per heavy atom. The Bertz CT molecular complexity index is 794. The van der Waals surface area contributed by atoms with E-state index in [2.05, 4.69) is 71.7 Å². The van der Waals surface area contributed by atoms with Gasteiger partial charge in [-0.3, -0.25) is 9.89 Å². The molecule has 4 nitrogen and oxygen atoms in total. The first-order valence-corrected chi connectivity index (χ1v) is 10.6. The van der Waals surface area contributed by atoms with Crippen molar-refractivity contribution in [2.45, 2.75) is 57.2 Å². The summed E-state index contributed by atoms with van der Waals surface area (Å²) in [6, 6.07) is 20.2. The second kappa shape index (κ2) is 10.4. The van der Waals surface area contributed by atoms with Crippen molar-refractivity contribution in [1.29, 1.82) is 0 Å². The van der Waals surface area contributed by atoms with Gasteiger partial charge in [-0.2, -0.15) is 0 Å². The van der Waals surface area contributed by atoms with Crippen molar-refractivity contribution < 1.29 is 0 Å². The first-order valence-electron chi connectivity index (χ1n) is 10.6. The maximum atomic E-state index is 6.21. The summed E-state index contributed by atoms with van der Waals surface area (Å²) in [5.74, 6) is 1.29. The van der Waals surface area contributed by atoms with Crippen LogP contribution in [0.25, 0.3) is 0 Å². The predicted octanol–water partition coefficient (Wildman–Crippen LogP) is 4.43. The zero-order valence-electron chi connectivity index (χ0n) is 17.3. The molecule has 0 unspecified atom stereocenters. The second-order valence-corrected chi connectivity index (χ2v) is 8.37.